The third-order valence-corrected chi connectivity index (χ3v) is 6.56. The van der Waals surface area contributed by atoms with E-state index in [-0.39, 0.29) is 5.91 Å². The van der Waals surface area contributed by atoms with Gasteiger partial charge in [0.05, 0.1) is 21.3 Å². The average Bonchev–Trinajstić information content (AvgIpc) is 3.23. The number of methoxy groups -OCH3 is 3. The second kappa shape index (κ2) is 10.2. The number of amides is 1. The first-order chi connectivity index (χ1) is 16.5. The molecule has 0 saturated heterocycles. The molecule has 1 aliphatic carbocycles. The predicted octanol–water partition coefficient (Wildman–Crippen LogP) is 5.41. The SMILES string of the molecule is COc1ccc(CCNC(=O)/C=C(\C)c2cc3c4c(oc3c(C)c2OC)CCCC4)cc1OC. The van der Waals surface area contributed by atoms with E-state index in [4.69, 9.17) is 18.6 Å². The first-order valence-corrected chi connectivity index (χ1v) is 11.8. The van der Waals surface area contributed by atoms with E-state index in [1.165, 1.54) is 12.0 Å². The highest BCUT2D eigenvalue weighted by molar-refractivity contribution is 5.98. The molecule has 0 bridgehead atoms. The van der Waals surface area contributed by atoms with Gasteiger partial charge in [-0.3, -0.25) is 4.79 Å². The highest BCUT2D eigenvalue weighted by Crippen LogP contribution is 2.41. The van der Waals surface area contributed by atoms with Gasteiger partial charge in [0, 0.05) is 41.1 Å². The molecule has 1 N–H and O–H groups in total. The molecular weight excluding hydrogens is 430 g/mol. The van der Waals surface area contributed by atoms with Gasteiger partial charge in [-0.2, -0.15) is 0 Å². The Morgan fingerprint density at radius 3 is 2.56 bits per heavy atom. The van der Waals surface area contributed by atoms with Crippen LogP contribution in [0.3, 0.4) is 0 Å². The number of carbonyl (C=O) groups is 1. The molecule has 34 heavy (non-hydrogen) atoms. The van der Waals surface area contributed by atoms with Crippen LogP contribution in [0, 0.1) is 6.92 Å². The van der Waals surface area contributed by atoms with Crippen LogP contribution in [0.1, 0.15) is 47.8 Å². The number of ether oxygens (including phenoxy) is 3. The van der Waals surface area contributed by atoms with Gasteiger partial charge in [-0.1, -0.05) is 6.07 Å². The van der Waals surface area contributed by atoms with Crippen LogP contribution in [-0.2, 0) is 24.1 Å². The van der Waals surface area contributed by atoms with Gasteiger partial charge in [-0.15, -0.1) is 0 Å². The van der Waals surface area contributed by atoms with Gasteiger partial charge in [0.2, 0.25) is 5.91 Å². The Balaban J connectivity index is 1.51. The van der Waals surface area contributed by atoms with Crippen LogP contribution in [-0.4, -0.2) is 33.8 Å². The normalized spacial score (nSPS) is 13.5. The Bertz CT molecular complexity index is 1240. The fourth-order valence-electron chi connectivity index (χ4n) is 4.78. The van der Waals surface area contributed by atoms with Gasteiger partial charge in [-0.05, 0) is 68.9 Å². The summed E-state index contributed by atoms with van der Waals surface area (Å²) in [5.74, 6) is 3.09. The van der Waals surface area contributed by atoms with Crippen LogP contribution in [0.5, 0.6) is 17.2 Å². The Morgan fingerprint density at radius 1 is 1.06 bits per heavy atom. The zero-order chi connectivity index (χ0) is 24.2. The molecule has 3 aromatic rings. The van der Waals surface area contributed by atoms with E-state index < -0.39 is 0 Å². The van der Waals surface area contributed by atoms with E-state index >= 15 is 0 Å². The minimum atomic E-state index is -0.132. The summed E-state index contributed by atoms with van der Waals surface area (Å²) < 4.78 is 22.6. The van der Waals surface area contributed by atoms with Crippen LogP contribution in [0.15, 0.2) is 34.8 Å². The minimum absolute atomic E-state index is 0.132. The van der Waals surface area contributed by atoms with E-state index in [0.29, 0.717) is 24.5 Å². The zero-order valence-corrected chi connectivity index (χ0v) is 20.7. The second-order valence-corrected chi connectivity index (χ2v) is 8.73. The number of benzene rings is 2. The van der Waals surface area contributed by atoms with Gasteiger partial charge >= 0.3 is 0 Å². The molecule has 0 aliphatic heterocycles. The fourth-order valence-corrected chi connectivity index (χ4v) is 4.78. The van der Waals surface area contributed by atoms with Crippen LogP contribution < -0.4 is 19.5 Å². The number of nitrogens with one attached hydrogen (secondary N) is 1. The lowest BCUT2D eigenvalue weighted by Crippen LogP contribution is -2.23. The quantitative estimate of drug-likeness (QED) is 0.453. The summed E-state index contributed by atoms with van der Waals surface area (Å²) in [6, 6.07) is 7.90. The van der Waals surface area contributed by atoms with Crippen molar-refractivity contribution in [3.8, 4) is 17.2 Å². The smallest absolute Gasteiger partial charge is 0.244 e. The Kier molecular flexibility index (Phi) is 7.15. The Morgan fingerprint density at radius 2 is 1.82 bits per heavy atom. The summed E-state index contributed by atoms with van der Waals surface area (Å²) in [4.78, 5) is 12.7. The van der Waals surface area contributed by atoms with Crippen LogP contribution in [0.2, 0.25) is 0 Å². The summed E-state index contributed by atoms with van der Waals surface area (Å²) in [5.41, 5.74) is 6.03. The molecular formula is C28H33NO5. The van der Waals surface area contributed by atoms with Crippen LogP contribution in [0.25, 0.3) is 16.5 Å². The van der Waals surface area contributed by atoms with Crippen molar-refractivity contribution in [1.29, 1.82) is 0 Å². The molecule has 0 unspecified atom stereocenters. The van der Waals surface area contributed by atoms with Crippen molar-refractivity contribution < 1.29 is 23.4 Å². The highest BCUT2D eigenvalue weighted by atomic mass is 16.5. The monoisotopic (exact) mass is 463 g/mol. The van der Waals surface area contributed by atoms with Crippen LogP contribution in [0.4, 0.5) is 0 Å². The molecule has 6 nitrogen and oxygen atoms in total. The van der Waals surface area contributed by atoms with Gasteiger partial charge in [-0.25, -0.2) is 0 Å². The van der Waals surface area contributed by atoms with Crippen molar-refractivity contribution in [2.45, 2.75) is 46.0 Å². The van der Waals surface area contributed by atoms with E-state index in [1.807, 2.05) is 32.0 Å². The molecule has 0 radical (unpaired) electrons. The van der Waals surface area contributed by atoms with E-state index in [2.05, 4.69) is 11.4 Å². The number of rotatable bonds is 8. The number of aryl methyl sites for hydroxylation is 3. The largest absolute Gasteiger partial charge is 0.496 e. The maximum absolute atomic E-state index is 12.7. The van der Waals surface area contributed by atoms with Crippen LogP contribution >= 0.6 is 0 Å². The van der Waals surface area contributed by atoms with E-state index in [9.17, 15) is 4.79 Å². The van der Waals surface area contributed by atoms with Crippen molar-refractivity contribution >= 4 is 22.4 Å². The number of fused-ring (bicyclic) bond motifs is 3. The minimum Gasteiger partial charge on any atom is -0.496 e. The third-order valence-electron chi connectivity index (χ3n) is 6.56. The molecule has 4 rings (SSSR count). The number of furan rings is 1. The summed E-state index contributed by atoms with van der Waals surface area (Å²) in [6.45, 7) is 4.49. The number of allylic oxidation sites excluding steroid dienone is 1. The molecule has 1 amide bonds. The third kappa shape index (κ3) is 4.63. The standard InChI is InChI=1S/C28H33NO5/c1-17(14-26(30)29-13-12-19-10-11-24(31-3)25(15-19)32-4)21-16-22-20-8-6-7-9-23(20)34-28(22)18(2)27(21)33-5/h10-11,14-16H,6-9,12-13H2,1-5H3,(H,29,30)/b17-14+. The highest BCUT2D eigenvalue weighted by Gasteiger charge is 2.23. The van der Waals surface area contributed by atoms with Crippen molar-refractivity contribution in [3.05, 3.63) is 58.4 Å². The van der Waals surface area contributed by atoms with Gasteiger partial charge in [0.25, 0.3) is 0 Å². The summed E-state index contributed by atoms with van der Waals surface area (Å²) in [5, 5.41) is 4.13. The molecule has 0 atom stereocenters. The average molecular weight is 464 g/mol. The predicted molar refractivity (Wildman–Crippen MR) is 134 cm³/mol. The lowest BCUT2D eigenvalue weighted by molar-refractivity contribution is -0.116. The zero-order valence-electron chi connectivity index (χ0n) is 20.7. The summed E-state index contributed by atoms with van der Waals surface area (Å²) in [6.07, 6.45) is 6.70. The maximum atomic E-state index is 12.7. The van der Waals surface area contributed by atoms with E-state index in [0.717, 1.165) is 64.0 Å². The van der Waals surface area contributed by atoms with Crippen molar-refractivity contribution in [2.24, 2.45) is 0 Å². The van der Waals surface area contributed by atoms with Crippen molar-refractivity contribution in [3.63, 3.8) is 0 Å². The maximum Gasteiger partial charge on any atom is 0.244 e. The summed E-state index contributed by atoms with van der Waals surface area (Å²) in [7, 11) is 4.89. The first-order valence-electron chi connectivity index (χ1n) is 11.8. The lowest BCUT2D eigenvalue weighted by Gasteiger charge is -2.14. The first kappa shape index (κ1) is 23.7. The molecule has 0 spiro atoms. The Hall–Kier alpha value is -3.41. The molecule has 1 aliphatic rings. The second-order valence-electron chi connectivity index (χ2n) is 8.73. The molecule has 0 fully saturated rings. The topological polar surface area (TPSA) is 69.9 Å². The van der Waals surface area contributed by atoms with Crippen molar-refractivity contribution in [2.75, 3.05) is 27.9 Å². The molecule has 0 saturated carbocycles. The molecule has 2 aromatic carbocycles. The molecule has 180 valence electrons. The molecule has 6 heteroatoms. The number of carbonyl (C=O) groups excluding carboxylic acids is 1. The number of hydrogen-bond acceptors (Lipinski definition) is 5. The fraction of sp³-hybridized carbons (Fsp3) is 0.393. The number of hydrogen-bond donors (Lipinski definition) is 1. The Labute approximate surface area is 200 Å². The van der Waals surface area contributed by atoms with Gasteiger partial charge in [0.1, 0.15) is 17.1 Å². The molecule has 1 aromatic heterocycles. The van der Waals surface area contributed by atoms with Gasteiger partial charge in [0.15, 0.2) is 11.5 Å². The van der Waals surface area contributed by atoms with Crippen molar-refractivity contribution in [1.82, 2.24) is 5.32 Å². The summed E-state index contributed by atoms with van der Waals surface area (Å²) >= 11 is 0. The van der Waals surface area contributed by atoms with Gasteiger partial charge < -0.3 is 23.9 Å². The van der Waals surface area contributed by atoms with E-state index in [1.54, 1.807) is 27.4 Å². The molecule has 1 heterocycles. The lowest BCUT2D eigenvalue weighted by atomic mass is 9.93.